The standard InChI is InChI=1S/C15H16BrN3O/c1-3-18-14-6-7-17-9-12(14)15(20)19-13-5-4-11(16)8-10(13)2/h4-9H,3H2,1-2H3,(H,17,18)(H,19,20). The first-order valence-electron chi connectivity index (χ1n) is 6.37. The molecule has 1 heterocycles. The number of carbonyl (C=O) groups is 1. The molecule has 5 heteroatoms. The summed E-state index contributed by atoms with van der Waals surface area (Å²) in [6.45, 7) is 4.69. The average molecular weight is 334 g/mol. The monoisotopic (exact) mass is 333 g/mol. The second kappa shape index (κ2) is 6.52. The Bertz CT molecular complexity index is 628. The van der Waals surface area contributed by atoms with Crippen LogP contribution in [0.2, 0.25) is 0 Å². The van der Waals surface area contributed by atoms with Crippen molar-refractivity contribution in [2.75, 3.05) is 17.2 Å². The number of amides is 1. The Morgan fingerprint density at radius 1 is 1.30 bits per heavy atom. The molecule has 1 aromatic carbocycles. The highest BCUT2D eigenvalue weighted by Gasteiger charge is 2.12. The molecule has 0 fully saturated rings. The SMILES string of the molecule is CCNc1ccncc1C(=O)Nc1ccc(Br)cc1C. The van der Waals surface area contributed by atoms with Crippen LogP contribution in [0.15, 0.2) is 41.1 Å². The quantitative estimate of drug-likeness (QED) is 0.893. The van der Waals surface area contributed by atoms with Gasteiger partial charge < -0.3 is 10.6 Å². The van der Waals surface area contributed by atoms with E-state index in [1.807, 2.05) is 32.0 Å². The predicted octanol–water partition coefficient (Wildman–Crippen LogP) is 3.84. The Kier molecular flexibility index (Phi) is 4.74. The van der Waals surface area contributed by atoms with E-state index in [2.05, 4.69) is 31.5 Å². The molecule has 2 aromatic rings. The van der Waals surface area contributed by atoms with Gasteiger partial charge in [0, 0.05) is 29.1 Å². The maximum absolute atomic E-state index is 12.3. The van der Waals surface area contributed by atoms with Gasteiger partial charge in [0.15, 0.2) is 0 Å². The third kappa shape index (κ3) is 3.36. The number of anilines is 2. The zero-order valence-electron chi connectivity index (χ0n) is 11.4. The fourth-order valence-corrected chi connectivity index (χ4v) is 2.35. The van der Waals surface area contributed by atoms with Crippen LogP contribution in [0.1, 0.15) is 22.8 Å². The lowest BCUT2D eigenvalue weighted by molar-refractivity contribution is 0.102. The van der Waals surface area contributed by atoms with Crippen LogP contribution >= 0.6 is 15.9 Å². The molecule has 0 saturated carbocycles. The highest BCUT2D eigenvalue weighted by molar-refractivity contribution is 9.10. The number of nitrogens with one attached hydrogen (secondary N) is 2. The molecule has 0 aliphatic carbocycles. The lowest BCUT2D eigenvalue weighted by Gasteiger charge is -2.12. The highest BCUT2D eigenvalue weighted by Crippen LogP contribution is 2.22. The maximum atomic E-state index is 12.3. The smallest absolute Gasteiger partial charge is 0.259 e. The minimum Gasteiger partial charge on any atom is -0.385 e. The van der Waals surface area contributed by atoms with Gasteiger partial charge in [-0.25, -0.2) is 0 Å². The zero-order chi connectivity index (χ0) is 14.5. The third-order valence-electron chi connectivity index (χ3n) is 2.87. The molecule has 1 amide bonds. The van der Waals surface area contributed by atoms with Crippen LogP contribution in [0.4, 0.5) is 11.4 Å². The molecule has 0 bridgehead atoms. The molecule has 20 heavy (non-hydrogen) atoms. The van der Waals surface area contributed by atoms with Crippen molar-refractivity contribution in [1.29, 1.82) is 0 Å². The van der Waals surface area contributed by atoms with Crippen molar-refractivity contribution in [1.82, 2.24) is 4.98 Å². The maximum Gasteiger partial charge on any atom is 0.259 e. The summed E-state index contributed by atoms with van der Waals surface area (Å²) in [5, 5.41) is 6.07. The fraction of sp³-hybridized carbons (Fsp3) is 0.200. The molecule has 0 aliphatic heterocycles. The molecule has 0 saturated heterocycles. The van der Waals surface area contributed by atoms with E-state index >= 15 is 0 Å². The normalized spacial score (nSPS) is 10.2. The average Bonchev–Trinajstić information content (AvgIpc) is 2.43. The predicted molar refractivity (Wildman–Crippen MR) is 85.2 cm³/mol. The van der Waals surface area contributed by atoms with Gasteiger partial charge in [0.05, 0.1) is 11.3 Å². The number of carbonyl (C=O) groups excluding carboxylic acids is 1. The van der Waals surface area contributed by atoms with E-state index in [1.165, 1.54) is 0 Å². The number of hydrogen-bond donors (Lipinski definition) is 2. The molecular weight excluding hydrogens is 318 g/mol. The Morgan fingerprint density at radius 2 is 2.10 bits per heavy atom. The van der Waals surface area contributed by atoms with Crippen LogP contribution in [-0.4, -0.2) is 17.4 Å². The molecule has 0 radical (unpaired) electrons. The van der Waals surface area contributed by atoms with E-state index < -0.39 is 0 Å². The van der Waals surface area contributed by atoms with Gasteiger partial charge in [0.2, 0.25) is 0 Å². The molecule has 1 aromatic heterocycles. The Hall–Kier alpha value is -1.88. The first-order chi connectivity index (χ1) is 9.61. The molecular formula is C15H16BrN3O. The minimum atomic E-state index is -0.167. The van der Waals surface area contributed by atoms with Crippen molar-refractivity contribution in [2.45, 2.75) is 13.8 Å². The summed E-state index contributed by atoms with van der Waals surface area (Å²) < 4.78 is 0.989. The van der Waals surface area contributed by atoms with Gasteiger partial charge in [0.1, 0.15) is 0 Å². The summed E-state index contributed by atoms with van der Waals surface area (Å²) >= 11 is 3.41. The number of aryl methyl sites for hydroxylation is 1. The topological polar surface area (TPSA) is 54.0 Å². The second-order valence-electron chi connectivity index (χ2n) is 4.36. The van der Waals surface area contributed by atoms with E-state index in [9.17, 15) is 4.79 Å². The van der Waals surface area contributed by atoms with Gasteiger partial charge in [0.25, 0.3) is 5.91 Å². The van der Waals surface area contributed by atoms with Crippen molar-refractivity contribution < 1.29 is 4.79 Å². The number of hydrogen-bond acceptors (Lipinski definition) is 3. The van der Waals surface area contributed by atoms with E-state index in [1.54, 1.807) is 18.5 Å². The molecule has 0 unspecified atom stereocenters. The first kappa shape index (κ1) is 14.5. The van der Waals surface area contributed by atoms with Crippen LogP contribution in [0.5, 0.6) is 0 Å². The molecule has 0 atom stereocenters. The molecule has 104 valence electrons. The number of pyridine rings is 1. The third-order valence-corrected chi connectivity index (χ3v) is 3.36. The van der Waals surface area contributed by atoms with Crippen molar-refractivity contribution in [2.24, 2.45) is 0 Å². The van der Waals surface area contributed by atoms with Crippen molar-refractivity contribution in [3.8, 4) is 0 Å². The number of halogens is 1. The highest BCUT2D eigenvalue weighted by atomic mass is 79.9. The lowest BCUT2D eigenvalue weighted by atomic mass is 10.1. The van der Waals surface area contributed by atoms with Crippen LogP contribution in [0, 0.1) is 6.92 Å². The summed E-state index contributed by atoms with van der Waals surface area (Å²) in [4.78, 5) is 16.4. The first-order valence-corrected chi connectivity index (χ1v) is 7.16. The Labute approximate surface area is 126 Å². The summed E-state index contributed by atoms with van der Waals surface area (Å²) in [5.41, 5.74) is 3.12. The van der Waals surface area contributed by atoms with E-state index in [-0.39, 0.29) is 5.91 Å². The summed E-state index contributed by atoms with van der Waals surface area (Å²) in [7, 11) is 0. The summed E-state index contributed by atoms with van der Waals surface area (Å²) in [5.74, 6) is -0.167. The number of nitrogens with zero attached hydrogens (tertiary/aromatic N) is 1. The molecule has 0 aliphatic rings. The van der Waals surface area contributed by atoms with E-state index in [4.69, 9.17) is 0 Å². The van der Waals surface area contributed by atoms with Gasteiger partial charge in [-0.1, -0.05) is 15.9 Å². The summed E-state index contributed by atoms with van der Waals surface area (Å²) in [6, 6.07) is 7.54. The Balaban J connectivity index is 2.24. The second-order valence-corrected chi connectivity index (χ2v) is 5.28. The van der Waals surface area contributed by atoms with Crippen molar-refractivity contribution >= 4 is 33.2 Å². The van der Waals surface area contributed by atoms with Crippen LogP contribution < -0.4 is 10.6 Å². The van der Waals surface area contributed by atoms with Crippen LogP contribution in [0.25, 0.3) is 0 Å². The zero-order valence-corrected chi connectivity index (χ0v) is 13.0. The van der Waals surface area contributed by atoms with Crippen molar-refractivity contribution in [3.05, 3.63) is 52.3 Å². The summed E-state index contributed by atoms with van der Waals surface area (Å²) in [6.07, 6.45) is 3.24. The minimum absolute atomic E-state index is 0.167. The van der Waals surface area contributed by atoms with Crippen LogP contribution in [-0.2, 0) is 0 Å². The molecule has 4 nitrogen and oxygen atoms in total. The molecule has 2 N–H and O–H groups in total. The number of aromatic nitrogens is 1. The van der Waals surface area contributed by atoms with Gasteiger partial charge in [-0.15, -0.1) is 0 Å². The van der Waals surface area contributed by atoms with Gasteiger partial charge >= 0.3 is 0 Å². The van der Waals surface area contributed by atoms with Gasteiger partial charge in [-0.3, -0.25) is 9.78 Å². The van der Waals surface area contributed by atoms with Crippen LogP contribution in [0.3, 0.4) is 0 Å². The van der Waals surface area contributed by atoms with E-state index in [0.717, 1.165) is 28.0 Å². The van der Waals surface area contributed by atoms with E-state index in [0.29, 0.717) is 5.56 Å². The largest absolute Gasteiger partial charge is 0.385 e. The Morgan fingerprint density at radius 3 is 2.80 bits per heavy atom. The fourth-order valence-electron chi connectivity index (χ4n) is 1.88. The van der Waals surface area contributed by atoms with Gasteiger partial charge in [-0.05, 0) is 43.7 Å². The molecule has 2 rings (SSSR count). The number of benzene rings is 1. The molecule has 0 spiro atoms. The number of rotatable bonds is 4. The van der Waals surface area contributed by atoms with Gasteiger partial charge in [-0.2, -0.15) is 0 Å². The van der Waals surface area contributed by atoms with Crippen molar-refractivity contribution in [3.63, 3.8) is 0 Å². The lowest BCUT2D eigenvalue weighted by Crippen LogP contribution is -2.15.